The summed E-state index contributed by atoms with van der Waals surface area (Å²) >= 11 is 3.43. The van der Waals surface area contributed by atoms with Crippen LogP contribution in [-0.2, 0) is 16.0 Å². The summed E-state index contributed by atoms with van der Waals surface area (Å²) in [6.45, 7) is 5.63. The molecule has 6 heteroatoms. The van der Waals surface area contributed by atoms with Crippen molar-refractivity contribution in [2.24, 2.45) is 0 Å². The van der Waals surface area contributed by atoms with Gasteiger partial charge < -0.3 is 14.6 Å². The van der Waals surface area contributed by atoms with Gasteiger partial charge in [0.25, 0.3) is 0 Å². The van der Waals surface area contributed by atoms with Crippen LogP contribution in [0.5, 0.6) is 0 Å². The minimum atomic E-state index is -1.37. The Morgan fingerprint density at radius 3 is 2.57 bits per heavy atom. The second kappa shape index (κ2) is 6.51. The Balaban J connectivity index is 2.33. The van der Waals surface area contributed by atoms with E-state index in [9.17, 15) is 14.7 Å². The van der Waals surface area contributed by atoms with Crippen molar-refractivity contribution in [1.29, 1.82) is 0 Å². The van der Waals surface area contributed by atoms with Crippen molar-refractivity contribution in [3.8, 4) is 0 Å². The Hall–Kier alpha value is -1.56. The summed E-state index contributed by atoms with van der Waals surface area (Å²) in [6.07, 6.45) is 0.551. The molecule has 1 amide bonds. The van der Waals surface area contributed by atoms with E-state index in [-0.39, 0.29) is 6.42 Å². The lowest BCUT2D eigenvalue weighted by Gasteiger charge is -2.40. The van der Waals surface area contributed by atoms with Crippen LogP contribution in [0.15, 0.2) is 28.7 Å². The standard InChI is InChI=1S/C17H22BrNO4/c1-16(2,3)23-15(22)19-10-6-9-17(19,14(20)21)11-12-7-4-5-8-13(12)18/h4-5,7-8H,6,9-11H2,1-3H3,(H,20,21)/p-1/t17-/m0/s1. The van der Waals surface area contributed by atoms with Crippen LogP contribution in [0.1, 0.15) is 39.2 Å². The Bertz CT molecular complexity index is 611. The number of benzene rings is 1. The molecule has 1 fully saturated rings. The number of carbonyl (C=O) groups excluding carboxylic acids is 2. The first-order valence-corrected chi connectivity index (χ1v) is 8.40. The third-order valence-electron chi connectivity index (χ3n) is 3.92. The van der Waals surface area contributed by atoms with E-state index < -0.39 is 23.2 Å². The van der Waals surface area contributed by atoms with Crippen molar-refractivity contribution in [3.05, 3.63) is 34.3 Å². The predicted octanol–water partition coefficient (Wildman–Crippen LogP) is 2.51. The Morgan fingerprint density at radius 1 is 1.35 bits per heavy atom. The molecule has 0 bridgehead atoms. The quantitative estimate of drug-likeness (QED) is 0.804. The fraction of sp³-hybridized carbons (Fsp3) is 0.529. The summed E-state index contributed by atoms with van der Waals surface area (Å²) in [7, 11) is 0. The van der Waals surface area contributed by atoms with Crippen LogP contribution in [0, 0.1) is 0 Å². The Kier molecular flexibility index (Phi) is 5.04. The minimum absolute atomic E-state index is 0.190. The highest BCUT2D eigenvalue weighted by molar-refractivity contribution is 9.10. The smallest absolute Gasteiger partial charge is 0.411 e. The lowest BCUT2D eigenvalue weighted by molar-refractivity contribution is -0.317. The predicted molar refractivity (Wildman–Crippen MR) is 87.8 cm³/mol. The number of hydrogen-bond donors (Lipinski definition) is 0. The van der Waals surface area contributed by atoms with Crippen LogP contribution >= 0.6 is 15.9 Å². The maximum atomic E-state index is 12.5. The van der Waals surface area contributed by atoms with Crippen LogP contribution in [0.4, 0.5) is 4.79 Å². The highest BCUT2D eigenvalue weighted by Gasteiger charge is 2.46. The molecule has 5 nitrogen and oxygen atoms in total. The molecule has 1 saturated heterocycles. The molecular weight excluding hydrogens is 362 g/mol. The first-order chi connectivity index (χ1) is 10.7. The number of nitrogens with zero attached hydrogens (tertiary/aromatic N) is 1. The largest absolute Gasteiger partial charge is 0.548 e. The highest BCUT2D eigenvalue weighted by Crippen LogP contribution is 2.35. The average Bonchev–Trinajstić information content (AvgIpc) is 2.84. The summed E-state index contributed by atoms with van der Waals surface area (Å²) in [6, 6.07) is 7.40. The van der Waals surface area contributed by atoms with E-state index in [0.717, 1.165) is 10.0 Å². The molecule has 0 spiro atoms. The van der Waals surface area contributed by atoms with Crippen molar-refractivity contribution in [3.63, 3.8) is 0 Å². The third kappa shape index (κ3) is 3.86. The normalized spacial score (nSPS) is 21.3. The first kappa shape index (κ1) is 17.8. The van der Waals surface area contributed by atoms with Gasteiger partial charge in [-0.15, -0.1) is 0 Å². The average molecular weight is 383 g/mol. The second-order valence-electron chi connectivity index (χ2n) is 6.82. The molecule has 1 aromatic carbocycles. The SMILES string of the molecule is CC(C)(C)OC(=O)N1CCC[C@]1(Cc1ccccc1Br)C(=O)[O-]. The molecule has 1 heterocycles. The van der Waals surface area contributed by atoms with E-state index >= 15 is 0 Å². The zero-order chi connectivity index (χ0) is 17.3. The number of rotatable bonds is 3. The van der Waals surface area contributed by atoms with E-state index in [2.05, 4.69) is 15.9 Å². The van der Waals surface area contributed by atoms with Crippen LogP contribution in [0.3, 0.4) is 0 Å². The molecule has 0 aromatic heterocycles. The maximum Gasteiger partial charge on any atom is 0.411 e. The van der Waals surface area contributed by atoms with Crippen LogP contribution in [0.2, 0.25) is 0 Å². The van der Waals surface area contributed by atoms with Gasteiger partial charge in [0.1, 0.15) is 5.60 Å². The molecule has 1 aliphatic heterocycles. The van der Waals surface area contributed by atoms with E-state index in [1.807, 2.05) is 24.3 Å². The number of halogens is 1. The van der Waals surface area contributed by atoms with Crippen LogP contribution < -0.4 is 5.11 Å². The van der Waals surface area contributed by atoms with Crippen molar-refractivity contribution >= 4 is 28.0 Å². The number of likely N-dealkylation sites (tertiary alicyclic amines) is 1. The number of amides is 1. The lowest BCUT2D eigenvalue weighted by Crippen LogP contribution is -2.60. The van der Waals surface area contributed by atoms with Gasteiger partial charge in [0, 0.05) is 17.4 Å². The topological polar surface area (TPSA) is 69.7 Å². The minimum Gasteiger partial charge on any atom is -0.548 e. The molecule has 0 saturated carbocycles. The van der Waals surface area contributed by atoms with Crippen molar-refractivity contribution in [2.75, 3.05) is 6.54 Å². The van der Waals surface area contributed by atoms with Crippen LogP contribution in [-0.4, -0.2) is 34.6 Å². The molecule has 1 atom stereocenters. The summed E-state index contributed by atoms with van der Waals surface area (Å²) in [5.41, 5.74) is -1.22. The van der Waals surface area contributed by atoms with E-state index in [0.29, 0.717) is 19.4 Å². The van der Waals surface area contributed by atoms with Gasteiger partial charge in [-0.3, -0.25) is 4.90 Å². The van der Waals surface area contributed by atoms with Crippen molar-refractivity contribution in [2.45, 2.75) is 51.2 Å². The number of hydrogen-bond acceptors (Lipinski definition) is 4. The summed E-state index contributed by atoms with van der Waals surface area (Å²) in [4.78, 5) is 25.7. The van der Waals surface area contributed by atoms with Gasteiger partial charge >= 0.3 is 6.09 Å². The van der Waals surface area contributed by atoms with Gasteiger partial charge in [0.15, 0.2) is 0 Å². The number of carbonyl (C=O) groups is 2. The van der Waals surface area contributed by atoms with Gasteiger partial charge in [0.2, 0.25) is 0 Å². The zero-order valence-corrected chi connectivity index (χ0v) is 15.2. The Labute approximate surface area is 144 Å². The molecule has 1 aromatic rings. The molecular formula is C17H21BrNO4-. The van der Waals surface area contributed by atoms with Gasteiger partial charge in [0.05, 0.1) is 11.5 Å². The fourth-order valence-electron chi connectivity index (χ4n) is 2.89. The van der Waals surface area contributed by atoms with Crippen molar-refractivity contribution in [1.82, 2.24) is 4.90 Å². The van der Waals surface area contributed by atoms with E-state index in [4.69, 9.17) is 4.74 Å². The zero-order valence-electron chi connectivity index (χ0n) is 13.6. The third-order valence-corrected chi connectivity index (χ3v) is 4.70. The summed E-state index contributed by atoms with van der Waals surface area (Å²) in [5, 5.41) is 11.9. The number of carboxylic acid groups (broad SMARTS) is 1. The number of ether oxygens (including phenoxy) is 1. The summed E-state index contributed by atoms with van der Waals surface area (Å²) in [5.74, 6) is -1.24. The van der Waals surface area contributed by atoms with Gasteiger partial charge in [-0.05, 0) is 45.2 Å². The highest BCUT2D eigenvalue weighted by atomic mass is 79.9. The molecule has 126 valence electrons. The molecule has 23 heavy (non-hydrogen) atoms. The molecule has 0 unspecified atom stereocenters. The second-order valence-corrected chi connectivity index (χ2v) is 7.68. The maximum absolute atomic E-state index is 12.5. The van der Waals surface area contributed by atoms with Crippen molar-refractivity contribution < 1.29 is 19.4 Å². The Morgan fingerprint density at radius 2 is 2.00 bits per heavy atom. The first-order valence-electron chi connectivity index (χ1n) is 7.61. The summed E-state index contributed by atoms with van der Waals surface area (Å²) < 4.78 is 6.20. The van der Waals surface area contributed by atoms with Gasteiger partial charge in [-0.25, -0.2) is 4.79 Å². The molecule has 0 N–H and O–H groups in total. The molecule has 0 radical (unpaired) electrons. The fourth-order valence-corrected chi connectivity index (χ4v) is 3.31. The number of aliphatic carboxylic acids is 1. The monoisotopic (exact) mass is 382 g/mol. The van der Waals surface area contributed by atoms with Crippen LogP contribution in [0.25, 0.3) is 0 Å². The molecule has 0 aliphatic carbocycles. The van der Waals surface area contributed by atoms with E-state index in [1.165, 1.54) is 4.90 Å². The van der Waals surface area contributed by atoms with E-state index in [1.54, 1.807) is 20.8 Å². The van der Waals surface area contributed by atoms with Gasteiger partial charge in [-0.1, -0.05) is 34.1 Å². The number of carboxylic acids is 1. The van der Waals surface area contributed by atoms with Gasteiger partial charge in [-0.2, -0.15) is 0 Å². The molecule has 1 aliphatic rings. The lowest BCUT2D eigenvalue weighted by atomic mass is 9.88. The molecule has 2 rings (SSSR count).